The third-order valence-corrected chi connectivity index (χ3v) is 1.86. The number of rotatable bonds is 3. The highest BCUT2D eigenvalue weighted by Crippen LogP contribution is 2.09. The topological polar surface area (TPSA) is 26.0 Å². The van der Waals surface area contributed by atoms with Crippen LogP contribution in [0.1, 0.15) is 24.5 Å². The zero-order valence-corrected chi connectivity index (χ0v) is 7.51. The molecule has 0 radical (unpaired) electrons. The standard InChI is InChI=1S/C11H15N/c1-3-4-10-5-7-11(8-6-10)9(2)12/h5-8H,2-4,12H2,1H3. The van der Waals surface area contributed by atoms with Crippen LogP contribution >= 0.6 is 0 Å². The van der Waals surface area contributed by atoms with Crippen molar-refractivity contribution in [2.24, 2.45) is 5.73 Å². The molecule has 0 amide bonds. The van der Waals surface area contributed by atoms with E-state index in [1.807, 2.05) is 12.1 Å². The highest BCUT2D eigenvalue weighted by atomic mass is 14.6. The van der Waals surface area contributed by atoms with Gasteiger partial charge in [0.1, 0.15) is 0 Å². The molecule has 1 nitrogen and oxygen atoms in total. The van der Waals surface area contributed by atoms with Gasteiger partial charge in [-0.3, -0.25) is 0 Å². The molecule has 0 saturated carbocycles. The number of hydrogen-bond donors (Lipinski definition) is 1. The molecule has 0 aromatic heterocycles. The second kappa shape index (κ2) is 3.96. The van der Waals surface area contributed by atoms with Gasteiger partial charge in [-0.25, -0.2) is 0 Å². The van der Waals surface area contributed by atoms with Crippen LogP contribution in [-0.2, 0) is 6.42 Å². The Morgan fingerprint density at radius 2 is 1.92 bits per heavy atom. The second-order valence-corrected chi connectivity index (χ2v) is 2.97. The summed E-state index contributed by atoms with van der Waals surface area (Å²) in [7, 11) is 0. The van der Waals surface area contributed by atoms with Crippen molar-refractivity contribution in [1.82, 2.24) is 0 Å². The molecule has 64 valence electrons. The summed E-state index contributed by atoms with van der Waals surface area (Å²) in [5.74, 6) is 0. The molecule has 1 aromatic rings. The van der Waals surface area contributed by atoms with Crippen molar-refractivity contribution in [3.63, 3.8) is 0 Å². The summed E-state index contributed by atoms with van der Waals surface area (Å²) in [5.41, 5.74) is 8.57. The average molecular weight is 161 g/mol. The van der Waals surface area contributed by atoms with E-state index in [0.29, 0.717) is 5.70 Å². The summed E-state index contributed by atoms with van der Waals surface area (Å²) < 4.78 is 0. The Labute approximate surface area is 73.9 Å². The Hall–Kier alpha value is -1.24. The lowest BCUT2D eigenvalue weighted by atomic mass is 10.1. The highest BCUT2D eigenvalue weighted by Gasteiger charge is 1.93. The molecule has 0 unspecified atom stereocenters. The van der Waals surface area contributed by atoms with Crippen LogP contribution in [0.15, 0.2) is 30.8 Å². The molecule has 0 heterocycles. The molecular weight excluding hydrogens is 146 g/mol. The first-order valence-electron chi connectivity index (χ1n) is 4.27. The molecule has 1 rings (SSSR count). The maximum Gasteiger partial charge on any atom is 0.0314 e. The molecule has 12 heavy (non-hydrogen) atoms. The Balaban J connectivity index is 2.78. The number of benzene rings is 1. The van der Waals surface area contributed by atoms with E-state index in [0.717, 1.165) is 12.0 Å². The summed E-state index contributed by atoms with van der Waals surface area (Å²) in [6, 6.07) is 8.26. The Bertz CT molecular complexity index is 259. The van der Waals surface area contributed by atoms with E-state index in [2.05, 4.69) is 25.6 Å². The monoisotopic (exact) mass is 161 g/mol. The molecule has 0 spiro atoms. The average Bonchev–Trinajstić information content (AvgIpc) is 2.06. The van der Waals surface area contributed by atoms with Crippen molar-refractivity contribution in [2.45, 2.75) is 19.8 Å². The zero-order valence-electron chi connectivity index (χ0n) is 7.51. The lowest BCUT2D eigenvalue weighted by Crippen LogP contribution is -1.93. The van der Waals surface area contributed by atoms with E-state index in [1.165, 1.54) is 12.0 Å². The van der Waals surface area contributed by atoms with Gasteiger partial charge in [0, 0.05) is 5.70 Å². The predicted molar refractivity (Wildman–Crippen MR) is 53.7 cm³/mol. The molecule has 1 heteroatoms. The van der Waals surface area contributed by atoms with Crippen LogP contribution in [0.3, 0.4) is 0 Å². The lowest BCUT2D eigenvalue weighted by Gasteiger charge is -2.01. The fourth-order valence-corrected chi connectivity index (χ4v) is 1.17. The Morgan fingerprint density at radius 1 is 1.33 bits per heavy atom. The third kappa shape index (κ3) is 2.12. The van der Waals surface area contributed by atoms with E-state index < -0.39 is 0 Å². The SMILES string of the molecule is C=C(N)c1ccc(CCC)cc1. The molecule has 0 atom stereocenters. The molecule has 1 aromatic carbocycles. The summed E-state index contributed by atoms with van der Waals surface area (Å²) in [4.78, 5) is 0. The molecule has 0 bridgehead atoms. The first-order valence-corrected chi connectivity index (χ1v) is 4.27. The summed E-state index contributed by atoms with van der Waals surface area (Å²) in [6.45, 7) is 5.86. The van der Waals surface area contributed by atoms with Gasteiger partial charge in [0.2, 0.25) is 0 Å². The van der Waals surface area contributed by atoms with Gasteiger partial charge in [0.05, 0.1) is 0 Å². The van der Waals surface area contributed by atoms with Crippen LogP contribution in [-0.4, -0.2) is 0 Å². The Kier molecular flexibility index (Phi) is 2.92. The van der Waals surface area contributed by atoms with Crippen molar-refractivity contribution in [2.75, 3.05) is 0 Å². The minimum absolute atomic E-state index is 0.637. The first-order chi connectivity index (χ1) is 5.74. The van der Waals surface area contributed by atoms with E-state index in [9.17, 15) is 0 Å². The summed E-state index contributed by atoms with van der Waals surface area (Å²) in [6.07, 6.45) is 2.32. The second-order valence-electron chi connectivity index (χ2n) is 2.97. The van der Waals surface area contributed by atoms with E-state index in [-0.39, 0.29) is 0 Å². The van der Waals surface area contributed by atoms with Crippen molar-refractivity contribution in [3.05, 3.63) is 42.0 Å². The summed E-state index contributed by atoms with van der Waals surface area (Å²) >= 11 is 0. The maximum atomic E-state index is 5.54. The summed E-state index contributed by atoms with van der Waals surface area (Å²) in [5, 5.41) is 0. The van der Waals surface area contributed by atoms with E-state index in [1.54, 1.807) is 0 Å². The van der Waals surface area contributed by atoms with Crippen molar-refractivity contribution >= 4 is 5.70 Å². The minimum atomic E-state index is 0.637. The fraction of sp³-hybridized carbons (Fsp3) is 0.273. The fourth-order valence-electron chi connectivity index (χ4n) is 1.17. The van der Waals surface area contributed by atoms with Crippen molar-refractivity contribution in [3.8, 4) is 0 Å². The van der Waals surface area contributed by atoms with Crippen LogP contribution < -0.4 is 5.73 Å². The number of nitrogens with two attached hydrogens (primary N) is 1. The van der Waals surface area contributed by atoms with Crippen LogP contribution in [0.5, 0.6) is 0 Å². The van der Waals surface area contributed by atoms with E-state index in [4.69, 9.17) is 5.73 Å². The van der Waals surface area contributed by atoms with Gasteiger partial charge in [-0.1, -0.05) is 44.2 Å². The largest absolute Gasteiger partial charge is 0.399 e. The van der Waals surface area contributed by atoms with Gasteiger partial charge in [-0.2, -0.15) is 0 Å². The van der Waals surface area contributed by atoms with Gasteiger partial charge in [0.15, 0.2) is 0 Å². The lowest BCUT2D eigenvalue weighted by molar-refractivity contribution is 0.921. The van der Waals surface area contributed by atoms with Gasteiger partial charge < -0.3 is 5.73 Å². The van der Waals surface area contributed by atoms with Crippen LogP contribution in [0.4, 0.5) is 0 Å². The van der Waals surface area contributed by atoms with Gasteiger partial charge >= 0.3 is 0 Å². The molecule has 2 N–H and O–H groups in total. The zero-order chi connectivity index (χ0) is 8.97. The van der Waals surface area contributed by atoms with Crippen molar-refractivity contribution < 1.29 is 0 Å². The minimum Gasteiger partial charge on any atom is -0.399 e. The van der Waals surface area contributed by atoms with Gasteiger partial charge in [-0.15, -0.1) is 0 Å². The maximum absolute atomic E-state index is 5.54. The van der Waals surface area contributed by atoms with Gasteiger partial charge in [0.25, 0.3) is 0 Å². The molecule has 0 saturated heterocycles. The van der Waals surface area contributed by atoms with Crippen molar-refractivity contribution in [1.29, 1.82) is 0 Å². The smallest absolute Gasteiger partial charge is 0.0314 e. The molecule has 0 aliphatic rings. The predicted octanol–water partition coefficient (Wildman–Crippen LogP) is 2.57. The number of aryl methyl sites for hydroxylation is 1. The quantitative estimate of drug-likeness (QED) is 0.724. The molecule has 0 fully saturated rings. The highest BCUT2D eigenvalue weighted by molar-refractivity contribution is 5.60. The third-order valence-electron chi connectivity index (χ3n) is 1.86. The number of hydrogen-bond acceptors (Lipinski definition) is 1. The first kappa shape index (κ1) is 8.85. The normalized spacial score (nSPS) is 9.75. The van der Waals surface area contributed by atoms with Crippen LogP contribution in [0.25, 0.3) is 5.70 Å². The van der Waals surface area contributed by atoms with Gasteiger partial charge in [-0.05, 0) is 17.5 Å². The van der Waals surface area contributed by atoms with Crippen LogP contribution in [0, 0.1) is 0 Å². The molecule has 0 aliphatic carbocycles. The molecular formula is C11H15N. The van der Waals surface area contributed by atoms with E-state index >= 15 is 0 Å². The molecule has 0 aliphatic heterocycles. The van der Waals surface area contributed by atoms with Crippen LogP contribution in [0.2, 0.25) is 0 Å². The Morgan fingerprint density at radius 3 is 2.33 bits per heavy atom.